The van der Waals surface area contributed by atoms with E-state index in [4.69, 9.17) is 5.73 Å². The minimum atomic E-state index is 0.822. The summed E-state index contributed by atoms with van der Waals surface area (Å²) in [5.41, 5.74) is 8.95. The van der Waals surface area contributed by atoms with Gasteiger partial charge in [-0.25, -0.2) is 0 Å². The summed E-state index contributed by atoms with van der Waals surface area (Å²) in [5.74, 6) is 0. The molecule has 0 aliphatic rings. The lowest BCUT2D eigenvalue weighted by Gasteiger charge is -2.11. The number of fused-ring (bicyclic) bond motifs is 2. The average molecular weight is 299 g/mol. The quantitative estimate of drug-likeness (QED) is 0.318. The zero-order valence-electron chi connectivity index (χ0n) is 13.6. The van der Waals surface area contributed by atoms with E-state index in [1.807, 2.05) is 30.3 Å². The Morgan fingerprint density at radius 2 is 0.783 bits per heavy atom. The normalized spacial score (nSPS) is 10.3. The molecule has 23 heavy (non-hydrogen) atoms. The molecule has 0 amide bonds. The Balaban J connectivity index is 0.000000188. The van der Waals surface area contributed by atoms with Crippen LogP contribution in [-0.2, 0) is 0 Å². The number of aryl methyl sites for hydroxylation is 2. The van der Waals surface area contributed by atoms with Crippen LogP contribution in [0, 0.1) is 13.8 Å². The number of nitrogen functional groups attached to an aromatic ring is 1. The van der Waals surface area contributed by atoms with Gasteiger partial charge in [0.1, 0.15) is 0 Å². The molecular formula is C22H21N. The molecule has 0 bridgehead atoms. The van der Waals surface area contributed by atoms with Crippen molar-refractivity contribution < 1.29 is 0 Å². The summed E-state index contributed by atoms with van der Waals surface area (Å²) in [7, 11) is 0. The minimum Gasteiger partial charge on any atom is -0.399 e. The van der Waals surface area contributed by atoms with Gasteiger partial charge in [0, 0.05) is 5.69 Å². The zero-order valence-corrected chi connectivity index (χ0v) is 13.6. The number of benzene rings is 4. The number of hydrogen-bond acceptors (Lipinski definition) is 1. The first kappa shape index (κ1) is 15.1. The van der Waals surface area contributed by atoms with Gasteiger partial charge in [-0.15, -0.1) is 0 Å². The summed E-state index contributed by atoms with van der Waals surface area (Å²) >= 11 is 0. The maximum atomic E-state index is 5.36. The van der Waals surface area contributed by atoms with Crippen LogP contribution in [0.2, 0.25) is 0 Å². The number of rotatable bonds is 0. The van der Waals surface area contributed by atoms with E-state index < -0.39 is 0 Å². The lowest BCUT2D eigenvalue weighted by atomic mass is 9.93. The minimum absolute atomic E-state index is 0.822. The summed E-state index contributed by atoms with van der Waals surface area (Å²) in [6.07, 6.45) is 0. The number of para-hydroxylation sites is 1. The van der Waals surface area contributed by atoms with Gasteiger partial charge in [-0.05, 0) is 58.7 Å². The van der Waals surface area contributed by atoms with Crippen molar-refractivity contribution in [3.05, 3.63) is 90.0 Å². The van der Waals surface area contributed by atoms with Crippen LogP contribution in [0.3, 0.4) is 0 Å². The highest BCUT2D eigenvalue weighted by Gasteiger charge is 2.06. The Bertz CT molecular complexity index is 823. The Hall–Kier alpha value is -2.80. The molecule has 4 rings (SSSR count). The van der Waals surface area contributed by atoms with Crippen LogP contribution in [0.15, 0.2) is 78.9 Å². The molecule has 0 atom stereocenters. The lowest BCUT2D eigenvalue weighted by molar-refractivity contribution is 1.52. The third kappa shape index (κ3) is 3.04. The Morgan fingerprint density at radius 1 is 0.478 bits per heavy atom. The van der Waals surface area contributed by atoms with Crippen molar-refractivity contribution in [3.63, 3.8) is 0 Å². The van der Waals surface area contributed by atoms with Crippen LogP contribution in [0.25, 0.3) is 21.5 Å². The highest BCUT2D eigenvalue weighted by molar-refractivity contribution is 6.05. The molecule has 0 saturated heterocycles. The van der Waals surface area contributed by atoms with Crippen molar-refractivity contribution in [2.24, 2.45) is 0 Å². The molecule has 0 aliphatic heterocycles. The smallest absolute Gasteiger partial charge is 0.0313 e. The van der Waals surface area contributed by atoms with Crippen LogP contribution in [0.5, 0.6) is 0 Å². The second-order valence-corrected chi connectivity index (χ2v) is 5.75. The molecule has 1 nitrogen and oxygen atoms in total. The lowest BCUT2D eigenvalue weighted by Crippen LogP contribution is -1.87. The molecular weight excluding hydrogens is 278 g/mol. The molecule has 1 heteroatoms. The van der Waals surface area contributed by atoms with E-state index >= 15 is 0 Å². The number of nitrogens with two attached hydrogens (primary N) is 1. The Labute approximate surface area is 137 Å². The first-order valence-electron chi connectivity index (χ1n) is 7.85. The van der Waals surface area contributed by atoms with Gasteiger partial charge >= 0.3 is 0 Å². The van der Waals surface area contributed by atoms with Gasteiger partial charge in [0.05, 0.1) is 0 Å². The van der Waals surface area contributed by atoms with Crippen LogP contribution < -0.4 is 5.73 Å². The van der Waals surface area contributed by atoms with Gasteiger partial charge in [0.2, 0.25) is 0 Å². The first-order valence-corrected chi connectivity index (χ1v) is 7.85. The van der Waals surface area contributed by atoms with Gasteiger partial charge < -0.3 is 5.73 Å². The number of anilines is 1. The zero-order chi connectivity index (χ0) is 16.2. The van der Waals surface area contributed by atoms with Crippen LogP contribution in [0.1, 0.15) is 11.1 Å². The van der Waals surface area contributed by atoms with E-state index in [0.717, 1.165) is 5.69 Å². The maximum Gasteiger partial charge on any atom is 0.0313 e. The van der Waals surface area contributed by atoms with Crippen molar-refractivity contribution in [2.45, 2.75) is 13.8 Å². The van der Waals surface area contributed by atoms with E-state index in [-0.39, 0.29) is 0 Å². The molecule has 0 heterocycles. The summed E-state index contributed by atoms with van der Waals surface area (Å²) in [6.45, 7) is 4.42. The van der Waals surface area contributed by atoms with Gasteiger partial charge in [-0.1, -0.05) is 66.7 Å². The van der Waals surface area contributed by atoms with Crippen LogP contribution in [0.4, 0.5) is 5.69 Å². The predicted molar refractivity (Wildman–Crippen MR) is 102 cm³/mol. The fourth-order valence-electron chi connectivity index (χ4n) is 3.02. The summed E-state index contributed by atoms with van der Waals surface area (Å²) in [4.78, 5) is 0. The number of hydrogen-bond donors (Lipinski definition) is 1. The fraction of sp³-hybridized carbons (Fsp3) is 0.0909. The highest BCUT2D eigenvalue weighted by Crippen LogP contribution is 2.31. The molecule has 0 fully saturated rings. The second kappa shape index (κ2) is 6.53. The average Bonchev–Trinajstić information content (AvgIpc) is 2.61. The SMILES string of the molecule is Cc1c2ccccc2c(C)c2ccccc12.Nc1ccccc1. The molecule has 2 N–H and O–H groups in total. The van der Waals surface area contributed by atoms with Gasteiger partial charge in [-0.2, -0.15) is 0 Å². The maximum absolute atomic E-state index is 5.36. The van der Waals surface area contributed by atoms with E-state index in [2.05, 4.69) is 62.4 Å². The van der Waals surface area contributed by atoms with Crippen molar-refractivity contribution in [1.29, 1.82) is 0 Å². The van der Waals surface area contributed by atoms with E-state index in [9.17, 15) is 0 Å². The first-order chi connectivity index (χ1) is 11.2. The van der Waals surface area contributed by atoms with Crippen LogP contribution in [-0.4, -0.2) is 0 Å². The third-order valence-electron chi connectivity index (χ3n) is 4.27. The second-order valence-electron chi connectivity index (χ2n) is 5.75. The van der Waals surface area contributed by atoms with Gasteiger partial charge in [0.25, 0.3) is 0 Å². The molecule has 114 valence electrons. The predicted octanol–water partition coefficient (Wildman–Crippen LogP) is 5.88. The molecule has 4 aromatic carbocycles. The Morgan fingerprint density at radius 3 is 1.04 bits per heavy atom. The van der Waals surface area contributed by atoms with Crippen molar-refractivity contribution >= 4 is 27.2 Å². The summed E-state index contributed by atoms with van der Waals surface area (Å²) < 4.78 is 0. The molecule has 0 unspecified atom stereocenters. The largest absolute Gasteiger partial charge is 0.399 e. The molecule has 0 spiro atoms. The highest BCUT2D eigenvalue weighted by atomic mass is 14.5. The molecule has 0 radical (unpaired) electrons. The molecule has 0 saturated carbocycles. The van der Waals surface area contributed by atoms with E-state index in [1.165, 1.54) is 32.7 Å². The Kier molecular flexibility index (Phi) is 4.29. The van der Waals surface area contributed by atoms with Gasteiger partial charge in [0.15, 0.2) is 0 Å². The fourth-order valence-corrected chi connectivity index (χ4v) is 3.02. The van der Waals surface area contributed by atoms with Crippen molar-refractivity contribution in [1.82, 2.24) is 0 Å². The topological polar surface area (TPSA) is 26.0 Å². The van der Waals surface area contributed by atoms with Crippen LogP contribution >= 0.6 is 0 Å². The summed E-state index contributed by atoms with van der Waals surface area (Å²) in [5, 5.41) is 5.50. The van der Waals surface area contributed by atoms with Crippen molar-refractivity contribution in [3.8, 4) is 0 Å². The monoisotopic (exact) mass is 299 g/mol. The summed E-state index contributed by atoms with van der Waals surface area (Å²) in [6, 6.07) is 26.8. The molecule has 4 aromatic rings. The standard InChI is InChI=1S/C16H14.C6H7N/c1-11-13-7-3-5-9-15(13)12(2)16-10-6-4-8-14(11)16;7-6-4-2-1-3-5-6/h3-10H,1-2H3;1-5H,7H2. The van der Waals surface area contributed by atoms with E-state index in [0.29, 0.717) is 0 Å². The van der Waals surface area contributed by atoms with Gasteiger partial charge in [-0.3, -0.25) is 0 Å². The third-order valence-corrected chi connectivity index (χ3v) is 4.27. The molecule has 0 aromatic heterocycles. The molecule has 0 aliphatic carbocycles. The van der Waals surface area contributed by atoms with E-state index in [1.54, 1.807) is 0 Å². The van der Waals surface area contributed by atoms with Crippen molar-refractivity contribution in [2.75, 3.05) is 5.73 Å².